The average Bonchev–Trinajstić information content (AvgIpc) is 2.14. The fraction of sp³-hybridized carbons (Fsp3) is 0.400. The monoisotopic (exact) mass is 99.0 g/mol. The van der Waals surface area contributed by atoms with Gasteiger partial charge in [0.2, 0.25) is 6.29 Å². The Morgan fingerprint density at radius 1 is 1.43 bits per heavy atom. The molecular weight excluding hydrogens is 92.1 g/mol. The fourth-order valence-electron chi connectivity index (χ4n) is 0.408. The molecule has 0 spiro atoms. The molecule has 2 heteroatoms. The molecule has 1 rings (SSSR count). The summed E-state index contributed by atoms with van der Waals surface area (Å²) in [7, 11) is 0. The second-order valence-corrected chi connectivity index (χ2v) is 1.26. The summed E-state index contributed by atoms with van der Waals surface area (Å²) in [4.78, 5) is 0. The number of ether oxygens (including phenoxy) is 2. The largest absolute Gasteiger partial charge is 0.459 e. The summed E-state index contributed by atoms with van der Waals surface area (Å²) in [5, 5.41) is 0. The third kappa shape index (κ3) is 0.856. The van der Waals surface area contributed by atoms with Crippen LogP contribution in [-0.2, 0) is 9.47 Å². The van der Waals surface area contributed by atoms with Crippen molar-refractivity contribution < 1.29 is 9.47 Å². The molecule has 0 amide bonds. The first-order chi connectivity index (χ1) is 3.43. The molecule has 0 aromatic rings. The molecule has 0 unspecified atom stereocenters. The van der Waals surface area contributed by atoms with Crippen LogP contribution in [0.5, 0.6) is 0 Å². The van der Waals surface area contributed by atoms with Crippen molar-refractivity contribution in [2.45, 2.75) is 12.7 Å². The van der Waals surface area contributed by atoms with Gasteiger partial charge >= 0.3 is 0 Å². The van der Waals surface area contributed by atoms with Gasteiger partial charge in [-0.3, -0.25) is 0 Å². The fourth-order valence-corrected chi connectivity index (χ4v) is 0.408. The van der Waals surface area contributed by atoms with E-state index in [1.54, 1.807) is 0 Å². The topological polar surface area (TPSA) is 18.5 Å². The summed E-state index contributed by atoms with van der Waals surface area (Å²) in [5.41, 5.74) is 0. The quantitative estimate of drug-likeness (QED) is 0.489. The van der Waals surface area contributed by atoms with E-state index in [0.29, 0.717) is 6.42 Å². The van der Waals surface area contributed by atoms with Crippen LogP contribution >= 0.6 is 0 Å². The van der Waals surface area contributed by atoms with Gasteiger partial charge in [0.25, 0.3) is 0 Å². The highest BCUT2D eigenvalue weighted by Crippen LogP contribution is 2.06. The van der Waals surface area contributed by atoms with Crippen LogP contribution in [0.4, 0.5) is 0 Å². The first-order valence-electron chi connectivity index (χ1n) is 2.18. The van der Waals surface area contributed by atoms with Crippen molar-refractivity contribution in [3.63, 3.8) is 0 Å². The molecule has 2 nitrogen and oxygen atoms in total. The van der Waals surface area contributed by atoms with Gasteiger partial charge in [0.15, 0.2) is 0 Å². The minimum absolute atomic E-state index is 0.125. The first-order valence-corrected chi connectivity index (χ1v) is 2.18. The Balaban J connectivity index is 2.22. The van der Waals surface area contributed by atoms with E-state index in [1.807, 2.05) is 0 Å². The Kier molecular flexibility index (Phi) is 1.20. The second kappa shape index (κ2) is 1.87. The van der Waals surface area contributed by atoms with Crippen molar-refractivity contribution >= 4 is 0 Å². The van der Waals surface area contributed by atoms with Crippen LogP contribution < -0.4 is 0 Å². The van der Waals surface area contributed by atoms with Crippen molar-refractivity contribution in [2.24, 2.45) is 0 Å². The van der Waals surface area contributed by atoms with Gasteiger partial charge in [-0.1, -0.05) is 0 Å². The molecule has 39 valence electrons. The lowest BCUT2D eigenvalue weighted by molar-refractivity contribution is -0.0193. The normalized spacial score (nSPS) is 19.0. The summed E-state index contributed by atoms with van der Waals surface area (Å²) in [6.07, 6.45) is 3.58. The Morgan fingerprint density at radius 2 is 2.00 bits per heavy atom. The average molecular weight is 99.1 g/mol. The Labute approximate surface area is 42.7 Å². The van der Waals surface area contributed by atoms with Crippen molar-refractivity contribution in [3.8, 4) is 0 Å². The summed E-state index contributed by atoms with van der Waals surface area (Å²) in [5.74, 6) is 0. The summed E-state index contributed by atoms with van der Waals surface area (Å²) in [6.45, 7) is 3.58. The highest BCUT2D eigenvalue weighted by Gasteiger charge is 2.06. The van der Waals surface area contributed by atoms with Crippen molar-refractivity contribution in [3.05, 3.63) is 19.4 Å². The van der Waals surface area contributed by atoms with Crippen LogP contribution in [0.2, 0.25) is 0 Å². The van der Waals surface area contributed by atoms with Gasteiger partial charge in [-0.15, -0.1) is 0 Å². The van der Waals surface area contributed by atoms with Gasteiger partial charge in [0.05, 0.1) is 0 Å². The molecule has 1 radical (unpaired) electrons. The SMILES string of the molecule is [CH2]CC1OC=CO1. The molecule has 0 aromatic heterocycles. The molecule has 1 aliphatic rings. The van der Waals surface area contributed by atoms with E-state index < -0.39 is 0 Å². The van der Waals surface area contributed by atoms with Crippen LogP contribution in [0.1, 0.15) is 6.42 Å². The van der Waals surface area contributed by atoms with E-state index in [0.717, 1.165) is 0 Å². The molecule has 0 aliphatic carbocycles. The third-order valence-corrected chi connectivity index (χ3v) is 0.752. The molecule has 0 aromatic carbocycles. The minimum atomic E-state index is -0.125. The van der Waals surface area contributed by atoms with Gasteiger partial charge in [0, 0.05) is 6.42 Å². The van der Waals surface area contributed by atoms with Gasteiger partial charge < -0.3 is 9.47 Å². The van der Waals surface area contributed by atoms with E-state index in [2.05, 4.69) is 6.92 Å². The van der Waals surface area contributed by atoms with Gasteiger partial charge in [0.1, 0.15) is 12.5 Å². The lowest BCUT2D eigenvalue weighted by atomic mass is 10.5. The predicted molar refractivity (Wildman–Crippen MR) is 25.1 cm³/mol. The van der Waals surface area contributed by atoms with E-state index in [9.17, 15) is 0 Å². The maximum Gasteiger partial charge on any atom is 0.239 e. The molecule has 1 heterocycles. The molecule has 1 aliphatic heterocycles. The Bertz CT molecular complexity index is 70.1. The number of hydrogen-bond acceptors (Lipinski definition) is 2. The smallest absolute Gasteiger partial charge is 0.239 e. The number of hydrogen-bond donors (Lipinski definition) is 0. The van der Waals surface area contributed by atoms with Crippen molar-refractivity contribution in [2.75, 3.05) is 0 Å². The predicted octanol–water partition coefficient (Wildman–Crippen LogP) is 1.05. The zero-order chi connectivity index (χ0) is 5.11. The molecule has 0 fully saturated rings. The molecule has 0 N–H and O–H groups in total. The van der Waals surface area contributed by atoms with E-state index in [4.69, 9.17) is 9.47 Å². The Morgan fingerprint density at radius 3 is 2.29 bits per heavy atom. The van der Waals surface area contributed by atoms with Gasteiger partial charge in [-0.05, 0) is 6.92 Å². The number of rotatable bonds is 1. The highest BCUT2D eigenvalue weighted by atomic mass is 16.7. The van der Waals surface area contributed by atoms with E-state index in [1.165, 1.54) is 12.5 Å². The lowest BCUT2D eigenvalue weighted by Crippen LogP contribution is -2.03. The summed E-state index contributed by atoms with van der Waals surface area (Å²) < 4.78 is 9.67. The standard InChI is InChI=1S/C5H7O2/c1-2-5-6-3-4-7-5/h3-5H,1-2H2. The summed E-state index contributed by atoms with van der Waals surface area (Å²) >= 11 is 0. The highest BCUT2D eigenvalue weighted by molar-refractivity contribution is 4.70. The minimum Gasteiger partial charge on any atom is -0.459 e. The summed E-state index contributed by atoms with van der Waals surface area (Å²) in [6, 6.07) is 0. The Hall–Kier alpha value is -0.660. The molecular formula is C5H7O2. The van der Waals surface area contributed by atoms with Crippen molar-refractivity contribution in [1.82, 2.24) is 0 Å². The van der Waals surface area contributed by atoms with Crippen LogP contribution in [0.25, 0.3) is 0 Å². The van der Waals surface area contributed by atoms with Crippen molar-refractivity contribution in [1.29, 1.82) is 0 Å². The van der Waals surface area contributed by atoms with Gasteiger partial charge in [-0.2, -0.15) is 0 Å². The molecule has 0 saturated heterocycles. The third-order valence-electron chi connectivity index (χ3n) is 0.752. The first kappa shape index (κ1) is 4.50. The zero-order valence-corrected chi connectivity index (χ0v) is 3.96. The molecule has 0 saturated carbocycles. The second-order valence-electron chi connectivity index (χ2n) is 1.26. The molecule has 0 bridgehead atoms. The lowest BCUT2D eigenvalue weighted by Gasteiger charge is -2.03. The maximum absolute atomic E-state index is 4.84. The molecule has 0 atom stereocenters. The molecule has 7 heavy (non-hydrogen) atoms. The van der Waals surface area contributed by atoms with E-state index in [-0.39, 0.29) is 6.29 Å². The van der Waals surface area contributed by atoms with Crippen LogP contribution in [0, 0.1) is 6.92 Å². The zero-order valence-electron chi connectivity index (χ0n) is 3.96. The van der Waals surface area contributed by atoms with Crippen LogP contribution in [0.3, 0.4) is 0 Å². The van der Waals surface area contributed by atoms with Gasteiger partial charge in [-0.25, -0.2) is 0 Å². The van der Waals surface area contributed by atoms with E-state index >= 15 is 0 Å². The maximum atomic E-state index is 4.84. The van der Waals surface area contributed by atoms with Crippen LogP contribution in [0.15, 0.2) is 12.5 Å². The van der Waals surface area contributed by atoms with Crippen LogP contribution in [-0.4, -0.2) is 6.29 Å².